The van der Waals surface area contributed by atoms with E-state index in [4.69, 9.17) is 0 Å². The molecule has 0 fully saturated rings. The summed E-state index contributed by atoms with van der Waals surface area (Å²) in [5, 5.41) is 0. The first-order valence-corrected chi connectivity index (χ1v) is 9.93. The third kappa shape index (κ3) is 46.6. The second-order valence-electron chi connectivity index (χ2n) is 4.11. The molecule has 2 nitrogen and oxygen atoms in total. The Kier molecular flexibility index (Phi) is 16.6. The highest BCUT2D eigenvalue weighted by Gasteiger charge is 2.04. The fourth-order valence-corrected chi connectivity index (χ4v) is 0. The molecule has 0 aliphatic rings. The van der Waals surface area contributed by atoms with Gasteiger partial charge in [-0.25, -0.2) is 8.42 Å². The van der Waals surface area contributed by atoms with Crippen LogP contribution in [0.2, 0.25) is 0 Å². The first-order valence-electron chi connectivity index (χ1n) is 5.25. The molecule has 0 unspecified atom stereocenters. The van der Waals surface area contributed by atoms with Gasteiger partial charge < -0.3 is 0 Å². The van der Waals surface area contributed by atoms with Gasteiger partial charge in [-0.05, 0) is 18.3 Å². The fourth-order valence-electron chi connectivity index (χ4n) is 0. The van der Waals surface area contributed by atoms with E-state index in [1.54, 1.807) is 6.92 Å². The van der Waals surface area contributed by atoms with Crippen molar-refractivity contribution >= 4 is 33.4 Å². The maximum absolute atomic E-state index is 10.0. The summed E-state index contributed by atoms with van der Waals surface area (Å²) in [6.07, 6.45) is 5.44. The third-order valence-electron chi connectivity index (χ3n) is 1.43. The molecular formula is C11H28O2S3. The van der Waals surface area contributed by atoms with E-state index in [9.17, 15) is 8.42 Å². The number of hydrogen-bond donors (Lipinski definition) is 0. The Balaban J connectivity index is -0.000000162. The maximum Gasteiger partial charge on any atom is 0.147 e. The summed E-state index contributed by atoms with van der Waals surface area (Å²) < 4.78 is 20.5. The monoisotopic (exact) mass is 288 g/mol. The maximum atomic E-state index is 10.0. The summed E-state index contributed by atoms with van der Waals surface area (Å²) in [5.74, 6) is 1.48. The predicted molar refractivity (Wildman–Crippen MR) is 82.7 cm³/mol. The molecule has 0 rings (SSSR count). The molecule has 0 aliphatic heterocycles. The van der Waals surface area contributed by atoms with Crippen LogP contribution in [0.1, 0.15) is 34.6 Å². The molecule has 0 saturated carbocycles. The van der Waals surface area contributed by atoms with Crippen molar-refractivity contribution in [2.75, 3.05) is 30.3 Å². The van der Waals surface area contributed by atoms with Crippen LogP contribution in [-0.4, -0.2) is 43.4 Å². The number of rotatable bonds is 2. The lowest BCUT2D eigenvalue weighted by Crippen LogP contribution is -2.04. The van der Waals surface area contributed by atoms with Crippen LogP contribution in [0.3, 0.4) is 0 Å². The van der Waals surface area contributed by atoms with E-state index >= 15 is 0 Å². The second-order valence-corrected chi connectivity index (χ2v) is 9.32. The van der Waals surface area contributed by atoms with Crippen LogP contribution in [0.5, 0.6) is 0 Å². The van der Waals surface area contributed by atoms with Crippen molar-refractivity contribution < 1.29 is 8.42 Å². The average Bonchev–Trinajstić information content (AvgIpc) is 2.17. The summed E-state index contributed by atoms with van der Waals surface area (Å²) in [6, 6.07) is 0. The number of thioether (sulfide) groups is 2. The molecule has 0 amide bonds. The van der Waals surface area contributed by atoms with Crippen molar-refractivity contribution in [1.82, 2.24) is 0 Å². The Morgan fingerprint density at radius 2 is 1.25 bits per heavy atom. The summed E-state index contributed by atoms with van der Waals surface area (Å²) in [6.45, 7) is 10.4. The van der Waals surface area contributed by atoms with Crippen molar-refractivity contribution in [2.24, 2.45) is 0 Å². The van der Waals surface area contributed by atoms with Gasteiger partial charge in [0.25, 0.3) is 0 Å². The first kappa shape index (κ1) is 21.9. The van der Waals surface area contributed by atoms with E-state index in [-0.39, 0.29) is 5.75 Å². The van der Waals surface area contributed by atoms with Gasteiger partial charge in [0, 0.05) is 16.8 Å². The average molecular weight is 289 g/mol. The zero-order chi connectivity index (χ0) is 13.8. The Morgan fingerprint density at radius 1 is 1.06 bits per heavy atom. The quantitative estimate of drug-likeness (QED) is 0.778. The van der Waals surface area contributed by atoms with Crippen LogP contribution < -0.4 is 0 Å². The molecule has 0 radical (unpaired) electrons. The topological polar surface area (TPSA) is 34.1 Å². The third-order valence-corrected chi connectivity index (χ3v) is 4.28. The van der Waals surface area contributed by atoms with Crippen molar-refractivity contribution in [2.45, 2.75) is 39.4 Å². The molecule has 0 bridgehead atoms. The number of hydrogen-bond acceptors (Lipinski definition) is 4. The smallest absolute Gasteiger partial charge is 0.147 e. The van der Waals surface area contributed by atoms with E-state index in [0.717, 1.165) is 0 Å². The Bertz CT molecular complexity index is 214. The van der Waals surface area contributed by atoms with Gasteiger partial charge in [-0.3, -0.25) is 0 Å². The van der Waals surface area contributed by atoms with Crippen LogP contribution in [0.15, 0.2) is 0 Å². The van der Waals surface area contributed by atoms with Gasteiger partial charge in [-0.15, -0.1) is 0 Å². The van der Waals surface area contributed by atoms with Crippen molar-refractivity contribution in [3.05, 3.63) is 0 Å². The van der Waals surface area contributed by atoms with Crippen LogP contribution >= 0.6 is 23.5 Å². The fraction of sp³-hybridized carbons (Fsp3) is 1.00. The van der Waals surface area contributed by atoms with Crippen LogP contribution in [0, 0.1) is 0 Å². The van der Waals surface area contributed by atoms with Gasteiger partial charge in [0.1, 0.15) is 9.84 Å². The molecule has 16 heavy (non-hydrogen) atoms. The molecule has 0 aliphatic carbocycles. The van der Waals surface area contributed by atoms with Crippen molar-refractivity contribution in [1.29, 1.82) is 0 Å². The zero-order valence-electron chi connectivity index (χ0n) is 12.0. The van der Waals surface area contributed by atoms with Gasteiger partial charge in [0.2, 0.25) is 0 Å². The van der Waals surface area contributed by atoms with Crippen molar-refractivity contribution in [3.8, 4) is 0 Å². The summed E-state index contributed by atoms with van der Waals surface area (Å²) >= 11 is 3.74. The van der Waals surface area contributed by atoms with Gasteiger partial charge in [-0.2, -0.15) is 23.5 Å². The van der Waals surface area contributed by atoms with Crippen LogP contribution in [-0.2, 0) is 9.84 Å². The summed E-state index contributed by atoms with van der Waals surface area (Å²) in [5.41, 5.74) is 0. The molecule has 0 spiro atoms. The lowest BCUT2D eigenvalue weighted by molar-refractivity contribution is 0.603. The predicted octanol–water partition coefficient (Wildman–Crippen LogP) is 3.57. The largest absolute Gasteiger partial charge is 0.229 e. The van der Waals surface area contributed by atoms with E-state index in [1.165, 1.54) is 12.0 Å². The molecule has 0 aromatic carbocycles. The van der Waals surface area contributed by atoms with E-state index < -0.39 is 9.84 Å². The minimum atomic E-state index is -2.66. The van der Waals surface area contributed by atoms with Crippen LogP contribution in [0.25, 0.3) is 0 Å². The molecule has 102 valence electrons. The Labute approximate surface area is 111 Å². The normalized spacial score (nSPS) is 10.8. The molecule has 0 heterocycles. The molecule has 0 aromatic rings. The second kappa shape index (κ2) is 12.1. The zero-order valence-corrected chi connectivity index (χ0v) is 14.4. The molecule has 0 saturated heterocycles. The lowest BCUT2D eigenvalue weighted by atomic mass is 10.3. The van der Waals surface area contributed by atoms with Gasteiger partial charge in [0.15, 0.2) is 0 Å². The molecule has 0 N–H and O–H groups in total. The molecule has 0 aromatic heterocycles. The van der Waals surface area contributed by atoms with Crippen molar-refractivity contribution in [3.63, 3.8) is 0 Å². The minimum Gasteiger partial charge on any atom is -0.229 e. The highest BCUT2D eigenvalue weighted by Crippen LogP contribution is 2.18. The highest BCUT2D eigenvalue weighted by atomic mass is 32.2. The molecule has 0 atom stereocenters. The summed E-state index contributed by atoms with van der Waals surface area (Å²) in [7, 11) is -2.66. The standard InChI is InChI=1S/C5H12S.C3H8O2S.C3H8S/c1-5(2,3)6-4;1-3-6(2,4)5;1-3-4-2/h1-4H3;3H2,1-2H3;3H2,1-2H3. The Morgan fingerprint density at radius 3 is 1.25 bits per heavy atom. The Hall–Kier alpha value is 0.650. The molecular weight excluding hydrogens is 260 g/mol. The van der Waals surface area contributed by atoms with E-state index in [2.05, 4.69) is 40.2 Å². The first-order chi connectivity index (χ1) is 7.04. The minimum absolute atomic E-state index is 0.243. The number of sulfone groups is 1. The van der Waals surface area contributed by atoms with E-state index in [1.807, 2.05) is 23.5 Å². The van der Waals surface area contributed by atoms with Gasteiger partial charge >= 0.3 is 0 Å². The van der Waals surface area contributed by atoms with Gasteiger partial charge in [0.05, 0.1) is 0 Å². The van der Waals surface area contributed by atoms with Crippen LogP contribution in [0.4, 0.5) is 0 Å². The highest BCUT2D eigenvalue weighted by molar-refractivity contribution is 7.99. The molecule has 5 heteroatoms. The summed E-state index contributed by atoms with van der Waals surface area (Å²) in [4.78, 5) is 0. The SMILES string of the molecule is CCS(C)(=O)=O.CCSC.CSC(C)(C)C. The lowest BCUT2D eigenvalue weighted by Gasteiger charge is -2.12. The van der Waals surface area contributed by atoms with E-state index in [0.29, 0.717) is 4.75 Å². The van der Waals surface area contributed by atoms with Gasteiger partial charge in [-0.1, -0.05) is 34.6 Å².